The lowest BCUT2D eigenvalue weighted by molar-refractivity contribution is -0.384. The number of thiazole rings is 1. The molecule has 10 nitrogen and oxygen atoms in total. The van der Waals surface area contributed by atoms with E-state index in [1.54, 1.807) is 36.4 Å². The Balaban J connectivity index is 1.20. The second kappa shape index (κ2) is 14.6. The number of ether oxygens (including phenoxy) is 2. The fourth-order valence-electron chi connectivity index (χ4n) is 4.19. The van der Waals surface area contributed by atoms with Gasteiger partial charge in [-0.25, -0.2) is 10.4 Å². The molecule has 0 bridgehead atoms. The Labute approximate surface area is 272 Å². The Kier molecular flexibility index (Phi) is 10.2. The number of carbonyl (C=O) groups excluding carboxylic acids is 1. The molecule has 12 heteroatoms. The molecule has 2 N–H and O–H groups in total. The average molecular weight is 687 g/mol. The number of nitrogens with one attached hydrogen (secondary N) is 2. The summed E-state index contributed by atoms with van der Waals surface area (Å²) in [5.74, 6) is 0.555. The predicted molar refractivity (Wildman–Crippen MR) is 180 cm³/mol. The number of non-ortho nitro benzene ring substituents is 1. The third kappa shape index (κ3) is 8.31. The van der Waals surface area contributed by atoms with E-state index in [-0.39, 0.29) is 18.2 Å². The predicted octanol–water partition coefficient (Wildman–Crippen LogP) is 8.27. The summed E-state index contributed by atoms with van der Waals surface area (Å²) in [7, 11) is 0. The van der Waals surface area contributed by atoms with E-state index >= 15 is 0 Å². The maximum atomic E-state index is 12.8. The van der Waals surface area contributed by atoms with E-state index in [0.29, 0.717) is 39.3 Å². The molecule has 5 aromatic rings. The average Bonchev–Trinajstić information content (AvgIpc) is 3.51. The first-order valence-corrected chi connectivity index (χ1v) is 15.5. The van der Waals surface area contributed by atoms with Gasteiger partial charge in [-0.15, -0.1) is 11.3 Å². The van der Waals surface area contributed by atoms with E-state index in [2.05, 4.69) is 36.8 Å². The van der Waals surface area contributed by atoms with E-state index in [0.717, 1.165) is 22.1 Å². The van der Waals surface area contributed by atoms with E-state index in [9.17, 15) is 14.9 Å². The summed E-state index contributed by atoms with van der Waals surface area (Å²) in [6.07, 6.45) is 1.50. The Bertz CT molecular complexity index is 1840. The molecule has 228 valence electrons. The van der Waals surface area contributed by atoms with Crippen LogP contribution in [-0.2, 0) is 6.61 Å². The molecule has 1 heterocycles. The van der Waals surface area contributed by atoms with Crippen molar-refractivity contribution in [3.8, 4) is 22.8 Å². The third-order valence-electron chi connectivity index (χ3n) is 6.50. The maximum absolute atomic E-state index is 12.8. The highest BCUT2D eigenvalue weighted by Gasteiger charge is 2.13. The summed E-state index contributed by atoms with van der Waals surface area (Å²) in [4.78, 5) is 28.1. The van der Waals surface area contributed by atoms with Crippen molar-refractivity contribution >= 4 is 55.9 Å². The summed E-state index contributed by atoms with van der Waals surface area (Å²) in [6.45, 7) is 4.40. The number of hydrogen-bond acceptors (Lipinski definition) is 9. The molecule has 0 radical (unpaired) electrons. The number of nitrogens with zero attached hydrogens (tertiary/aromatic N) is 3. The number of rotatable bonds is 12. The van der Waals surface area contributed by atoms with Gasteiger partial charge in [0.05, 0.1) is 23.4 Å². The molecule has 0 saturated carbocycles. The monoisotopic (exact) mass is 685 g/mol. The number of amides is 1. The molecule has 5 rings (SSSR count). The first kappa shape index (κ1) is 31.4. The van der Waals surface area contributed by atoms with E-state index < -0.39 is 4.92 Å². The molecule has 0 aliphatic rings. The molecular formula is C33H28BrN5O5S. The minimum absolute atomic E-state index is 0.00736. The van der Waals surface area contributed by atoms with Gasteiger partial charge in [-0.2, -0.15) is 5.10 Å². The van der Waals surface area contributed by atoms with Crippen LogP contribution in [0.5, 0.6) is 11.5 Å². The van der Waals surface area contributed by atoms with Crippen LogP contribution in [0.3, 0.4) is 0 Å². The van der Waals surface area contributed by atoms with Gasteiger partial charge in [0.1, 0.15) is 6.61 Å². The number of aryl methyl sites for hydroxylation is 1. The highest BCUT2D eigenvalue weighted by atomic mass is 79.9. The molecule has 1 amide bonds. The third-order valence-corrected chi connectivity index (χ3v) is 7.94. The maximum Gasteiger partial charge on any atom is 0.271 e. The molecule has 0 atom stereocenters. The van der Waals surface area contributed by atoms with Crippen LogP contribution in [0.4, 0.5) is 16.5 Å². The van der Waals surface area contributed by atoms with Crippen LogP contribution in [0.1, 0.15) is 34.0 Å². The summed E-state index contributed by atoms with van der Waals surface area (Å²) >= 11 is 5.02. The fraction of sp³-hybridized carbons (Fsp3) is 0.121. The van der Waals surface area contributed by atoms with Crippen molar-refractivity contribution < 1.29 is 19.2 Å². The topological polar surface area (TPSA) is 128 Å². The van der Waals surface area contributed by atoms with Gasteiger partial charge >= 0.3 is 0 Å². The first-order valence-electron chi connectivity index (χ1n) is 13.8. The van der Waals surface area contributed by atoms with E-state index in [1.807, 2.05) is 55.6 Å². The second-order valence-corrected chi connectivity index (χ2v) is 11.5. The standard InChI is InChI=1S/C33H28BrN5O5S/c1-3-43-30-16-25(28(34)17-31(30)44-19-22-5-4-6-27(15-22)39(41)42)18-35-38-32(40)24-11-9-23(10-12-24)29-20-45-33(37-29)36-26-13-7-21(2)8-14-26/h4-18,20H,3,19H2,1-2H3,(H,36,37)(H,38,40)/b35-18-. The molecule has 0 aliphatic heterocycles. The lowest BCUT2D eigenvalue weighted by atomic mass is 10.1. The smallest absolute Gasteiger partial charge is 0.271 e. The number of nitro benzene ring substituents is 1. The van der Waals surface area contributed by atoms with Crippen molar-refractivity contribution in [2.24, 2.45) is 5.10 Å². The largest absolute Gasteiger partial charge is 0.490 e. The zero-order valence-corrected chi connectivity index (χ0v) is 26.7. The number of hydrazone groups is 1. The highest BCUT2D eigenvalue weighted by Crippen LogP contribution is 2.34. The number of benzene rings is 4. The number of anilines is 2. The van der Waals surface area contributed by atoms with Crippen molar-refractivity contribution in [3.63, 3.8) is 0 Å². The number of nitro groups is 1. The molecule has 0 unspecified atom stereocenters. The first-order chi connectivity index (χ1) is 21.8. The zero-order chi connectivity index (χ0) is 31.8. The van der Waals surface area contributed by atoms with Crippen LogP contribution >= 0.6 is 27.3 Å². The molecule has 0 saturated heterocycles. The van der Waals surface area contributed by atoms with Gasteiger partial charge in [-0.3, -0.25) is 14.9 Å². The van der Waals surface area contributed by atoms with Crippen LogP contribution in [0, 0.1) is 17.0 Å². The Hall–Kier alpha value is -5.07. The number of halogens is 1. The quantitative estimate of drug-likeness (QED) is 0.0768. The Morgan fingerprint density at radius 1 is 1.04 bits per heavy atom. The van der Waals surface area contributed by atoms with Crippen molar-refractivity contribution in [2.75, 3.05) is 11.9 Å². The van der Waals surface area contributed by atoms with Crippen LogP contribution in [-0.4, -0.2) is 28.6 Å². The second-order valence-electron chi connectivity index (χ2n) is 9.77. The minimum atomic E-state index is -0.447. The van der Waals surface area contributed by atoms with Crippen LogP contribution < -0.4 is 20.2 Å². The summed E-state index contributed by atoms with van der Waals surface area (Å²) in [5, 5.41) is 21.3. The molecular weight excluding hydrogens is 658 g/mol. The lowest BCUT2D eigenvalue weighted by Crippen LogP contribution is -2.17. The summed E-state index contributed by atoms with van der Waals surface area (Å²) in [6, 6.07) is 25.0. The molecule has 0 spiro atoms. The van der Waals surface area contributed by atoms with Gasteiger partial charge in [0.2, 0.25) is 0 Å². The molecule has 1 aromatic heterocycles. The molecule has 4 aromatic carbocycles. The van der Waals surface area contributed by atoms with Crippen LogP contribution in [0.25, 0.3) is 11.3 Å². The van der Waals surface area contributed by atoms with Gasteiger partial charge in [0.15, 0.2) is 16.6 Å². The van der Waals surface area contributed by atoms with Gasteiger partial charge in [0, 0.05) is 44.4 Å². The lowest BCUT2D eigenvalue weighted by Gasteiger charge is -2.14. The van der Waals surface area contributed by atoms with Gasteiger partial charge < -0.3 is 14.8 Å². The van der Waals surface area contributed by atoms with Crippen molar-refractivity contribution in [1.29, 1.82) is 0 Å². The van der Waals surface area contributed by atoms with Crippen molar-refractivity contribution in [1.82, 2.24) is 10.4 Å². The Morgan fingerprint density at radius 3 is 2.53 bits per heavy atom. The molecule has 45 heavy (non-hydrogen) atoms. The number of aromatic nitrogens is 1. The number of hydrogen-bond donors (Lipinski definition) is 2. The van der Waals surface area contributed by atoms with Gasteiger partial charge in [-0.05, 0) is 71.7 Å². The summed E-state index contributed by atoms with van der Waals surface area (Å²) in [5.41, 5.74) is 8.16. The number of carbonyl (C=O) groups is 1. The normalized spacial score (nSPS) is 10.9. The van der Waals surface area contributed by atoms with Crippen molar-refractivity contribution in [2.45, 2.75) is 20.5 Å². The van der Waals surface area contributed by atoms with Crippen LogP contribution in [0.15, 0.2) is 99.9 Å². The molecule has 0 fully saturated rings. The Morgan fingerprint density at radius 2 is 1.80 bits per heavy atom. The van der Waals surface area contributed by atoms with E-state index in [1.165, 1.54) is 35.2 Å². The highest BCUT2D eigenvalue weighted by molar-refractivity contribution is 9.10. The SMILES string of the molecule is CCOc1cc(/C=N\NC(=O)c2ccc(-c3csc(Nc4ccc(C)cc4)n3)cc2)c(Br)cc1OCc1cccc([N+](=O)[O-])c1. The summed E-state index contributed by atoms with van der Waals surface area (Å²) < 4.78 is 12.3. The van der Waals surface area contributed by atoms with Crippen LogP contribution in [0.2, 0.25) is 0 Å². The van der Waals surface area contributed by atoms with Gasteiger partial charge in [0.25, 0.3) is 11.6 Å². The molecule has 0 aliphatic carbocycles. The van der Waals surface area contributed by atoms with E-state index in [4.69, 9.17) is 9.47 Å². The van der Waals surface area contributed by atoms with Crippen molar-refractivity contribution in [3.05, 3.63) is 127 Å². The van der Waals surface area contributed by atoms with Gasteiger partial charge in [-0.1, -0.05) is 42.0 Å². The minimum Gasteiger partial charge on any atom is -0.490 e. The fourth-order valence-corrected chi connectivity index (χ4v) is 5.36. The zero-order valence-electron chi connectivity index (χ0n) is 24.3.